The smallest absolute Gasteiger partial charge is 0.311 e. The zero-order chi connectivity index (χ0) is 12.5. The molecule has 92 valence electrons. The van der Waals surface area contributed by atoms with Crippen molar-refractivity contribution in [3.05, 3.63) is 0 Å². The Morgan fingerprint density at radius 3 is 2.25 bits per heavy atom. The maximum Gasteiger partial charge on any atom is 0.311 e. The second kappa shape index (κ2) is 4.44. The van der Waals surface area contributed by atoms with Gasteiger partial charge in [-0.15, -0.1) is 0 Å². The minimum absolute atomic E-state index is 0.00868. The van der Waals surface area contributed by atoms with E-state index >= 15 is 0 Å². The molecule has 0 saturated carbocycles. The first-order valence-corrected chi connectivity index (χ1v) is 5.84. The van der Waals surface area contributed by atoms with Gasteiger partial charge in [0.2, 0.25) is 0 Å². The number of primary amides is 1. The highest BCUT2D eigenvalue weighted by molar-refractivity contribution is 6.34. The van der Waals surface area contributed by atoms with Crippen LogP contribution in [0.15, 0.2) is 0 Å². The Morgan fingerprint density at radius 2 is 1.81 bits per heavy atom. The second-order valence-electron chi connectivity index (χ2n) is 5.89. The SMILES string of the molecule is CC1CCC(C(C)(C)C)N(C(=O)C(N)=O)C1. The van der Waals surface area contributed by atoms with Crippen molar-refractivity contribution in [2.75, 3.05) is 6.54 Å². The molecule has 1 aliphatic heterocycles. The van der Waals surface area contributed by atoms with Crippen LogP contribution in [0.25, 0.3) is 0 Å². The summed E-state index contributed by atoms with van der Waals surface area (Å²) in [5.41, 5.74) is 5.08. The number of nitrogens with zero attached hydrogens (tertiary/aromatic N) is 1. The normalized spacial score (nSPS) is 26.6. The van der Waals surface area contributed by atoms with E-state index in [9.17, 15) is 9.59 Å². The van der Waals surface area contributed by atoms with Gasteiger partial charge in [0.25, 0.3) is 0 Å². The van der Waals surface area contributed by atoms with E-state index in [0.717, 1.165) is 12.8 Å². The van der Waals surface area contributed by atoms with Crippen LogP contribution in [-0.4, -0.2) is 29.3 Å². The number of carbonyl (C=O) groups is 2. The summed E-state index contributed by atoms with van der Waals surface area (Å²) >= 11 is 0. The van der Waals surface area contributed by atoms with Gasteiger partial charge in [-0.2, -0.15) is 0 Å². The van der Waals surface area contributed by atoms with Crippen molar-refractivity contribution in [2.45, 2.75) is 46.6 Å². The topological polar surface area (TPSA) is 63.4 Å². The van der Waals surface area contributed by atoms with Gasteiger partial charge in [-0.25, -0.2) is 0 Å². The Bertz CT molecular complexity index is 294. The molecule has 2 amide bonds. The van der Waals surface area contributed by atoms with E-state index in [-0.39, 0.29) is 11.5 Å². The molecule has 16 heavy (non-hydrogen) atoms. The standard InChI is InChI=1S/C12H22N2O2/c1-8-5-6-9(12(2,3)4)14(7-8)11(16)10(13)15/h8-9H,5-7H2,1-4H3,(H2,13,15). The fourth-order valence-corrected chi connectivity index (χ4v) is 2.42. The monoisotopic (exact) mass is 226 g/mol. The molecule has 1 rings (SSSR count). The molecule has 0 radical (unpaired) electrons. The van der Waals surface area contributed by atoms with E-state index in [0.29, 0.717) is 12.5 Å². The van der Waals surface area contributed by atoms with Crippen molar-refractivity contribution < 1.29 is 9.59 Å². The van der Waals surface area contributed by atoms with Crippen molar-refractivity contribution in [1.29, 1.82) is 0 Å². The third kappa shape index (κ3) is 2.74. The van der Waals surface area contributed by atoms with Crippen LogP contribution in [0.5, 0.6) is 0 Å². The van der Waals surface area contributed by atoms with Crippen molar-refractivity contribution in [2.24, 2.45) is 17.1 Å². The van der Waals surface area contributed by atoms with Crippen molar-refractivity contribution in [3.63, 3.8) is 0 Å². The van der Waals surface area contributed by atoms with Gasteiger partial charge in [-0.3, -0.25) is 9.59 Å². The van der Waals surface area contributed by atoms with Crippen LogP contribution in [0, 0.1) is 11.3 Å². The number of nitrogens with two attached hydrogens (primary N) is 1. The lowest BCUT2D eigenvalue weighted by molar-refractivity contribution is -0.149. The third-order valence-corrected chi connectivity index (χ3v) is 3.29. The summed E-state index contributed by atoms with van der Waals surface area (Å²) in [7, 11) is 0. The molecule has 0 spiro atoms. The number of amides is 2. The number of hydrogen-bond donors (Lipinski definition) is 1. The van der Waals surface area contributed by atoms with Gasteiger partial charge < -0.3 is 10.6 Å². The Hall–Kier alpha value is -1.06. The molecule has 2 N–H and O–H groups in total. The quantitative estimate of drug-likeness (QED) is 0.630. The van der Waals surface area contributed by atoms with Gasteiger partial charge in [0.1, 0.15) is 0 Å². The molecule has 0 aromatic heterocycles. The van der Waals surface area contributed by atoms with Crippen LogP contribution in [0.2, 0.25) is 0 Å². The van der Waals surface area contributed by atoms with Crippen LogP contribution in [0.3, 0.4) is 0 Å². The van der Waals surface area contributed by atoms with E-state index in [1.54, 1.807) is 4.90 Å². The average Bonchev–Trinajstić information content (AvgIpc) is 2.14. The predicted octanol–water partition coefficient (Wildman–Crippen LogP) is 1.14. The van der Waals surface area contributed by atoms with E-state index in [1.165, 1.54) is 0 Å². The molecule has 1 aliphatic rings. The molecule has 4 nitrogen and oxygen atoms in total. The molecule has 0 aromatic rings. The summed E-state index contributed by atoms with van der Waals surface area (Å²) in [6, 6.07) is 0.115. The fourth-order valence-electron chi connectivity index (χ4n) is 2.42. The molecule has 1 heterocycles. The molecule has 4 heteroatoms. The third-order valence-electron chi connectivity index (χ3n) is 3.29. The molecule has 2 atom stereocenters. The summed E-state index contributed by atoms with van der Waals surface area (Å²) in [6.45, 7) is 9.02. The number of likely N-dealkylation sites (tertiary alicyclic amines) is 1. The van der Waals surface area contributed by atoms with Gasteiger partial charge in [0, 0.05) is 12.6 Å². The Morgan fingerprint density at radius 1 is 1.25 bits per heavy atom. The van der Waals surface area contributed by atoms with Gasteiger partial charge >= 0.3 is 11.8 Å². The van der Waals surface area contributed by atoms with Crippen LogP contribution < -0.4 is 5.73 Å². The zero-order valence-electron chi connectivity index (χ0n) is 10.6. The molecule has 1 fully saturated rings. The molecule has 2 unspecified atom stereocenters. The van der Waals surface area contributed by atoms with Crippen LogP contribution >= 0.6 is 0 Å². The Kier molecular flexibility index (Phi) is 3.61. The Labute approximate surface area is 97.2 Å². The summed E-state index contributed by atoms with van der Waals surface area (Å²) in [5, 5.41) is 0. The van der Waals surface area contributed by atoms with Gasteiger partial charge in [0.15, 0.2) is 0 Å². The van der Waals surface area contributed by atoms with Crippen molar-refractivity contribution in [3.8, 4) is 0 Å². The zero-order valence-corrected chi connectivity index (χ0v) is 10.6. The lowest BCUT2D eigenvalue weighted by Crippen LogP contribution is -2.55. The number of carbonyl (C=O) groups excluding carboxylic acids is 2. The number of hydrogen-bond acceptors (Lipinski definition) is 2. The largest absolute Gasteiger partial charge is 0.361 e. The van der Waals surface area contributed by atoms with Gasteiger partial charge in [-0.1, -0.05) is 27.7 Å². The van der Waals surface area contributed by atoms with E-state index in [4.69, 9.17) is 5.73 Å². The molecule has 1 saturated heterocycles. The molecular formula is C12H22N2O2. The van der Waals surface area contributed by atoms with Crippen molar-refractivity contribution in [1.82, 2.24) is 4.90 Å². The number of piperidine rings is 1. The summed E-state index contributed by atoms with van der Waals surface area (Å²) in [4.78, 5) is 24.4. The van der Waals surface area contributed by atoms with Crippen LogP contribution in [-0.2, 0) is 9.59 Å². The summed E-state index contributed by atoms with van der Waals surface area (Å²) in [5.74, 6) is -0.934. The first kappa shape index (κ1) is 13.0. The summed E-state index contributed by atoms with van der Waals surface area (Å²) in [6.07, 6.45) is 2.05. The van der Waals surface area contributed by atoms with Crippen LogP contribution in [0.4, 0.5) is 0 Å². The van der Waals surface area contributed by atoms with E-state index in [1.807, 2.05) is 0 Å². The molecule has 0 aliphatic carbocycles. The molecular weight excluding hydrogens is 204 g/mol. The first-order valence-electron chi connectivity index (χ1n) is 5.84. The summed E-state index contributed by atoms with van der Waals surface area (Å²) < 4.78 is 0. The second-order valence-corrected chi connectivity index (χ2v) is 5.89. The maximum atomic E-state index is 11.8. The van der Waals surface area contributed by atoms with Gasteiger partial charge in [-0.05, 0) is 24.2 Å². The average molecular weight is 226 g/mol. The molecule has 0 bridgehead atoms. The highest BCUT2D eigenvalue weighted by Crippen LogP contribution is 2.33. The van der Waals surface area contributed by atoms with Gasteiger partial charge in [0.05, 0.1) is 0 Å². The fraction of sp³-hybridized carbons (Fsp3) is 0.833. The Balaban J connectivity index is 2.90. The first-order chi connectivity index (χ1) is 7.23. The van der Waals surface area contributed by atoms with Crippen LogP contribution in [0.1, 0.15) is 40.5 Å². The van der Waals surface area contributed by atoms with E-state index < -0.39 is 11.8 Å². The minimum atomic E-state index is -0.844. The molecule has 0 aromatic carbocycles. The van der Waals surface area contributed by atoms with Crippen molar-refractivity contribution >= 4 is 11.8 Å². The minimum Gasteiger partial charge on any atom is -0.361 e. The number of rotatable bonds is 0. The lowest BCUT2D eigenvalue weighted by atomic mass is 9.78. The highest BCUT2D eigenvalue weighted by atomic mass is 16.2. The lowest BCUT2D eigenvalue weighted by Gasteiger charge is -2.44. The predicted molar refractivity (Wildman–Crippen MR) is 62.5 cm³/mol. The maximum absolute atomic E-state index is 11.8. The highest BCUT2D eigenvalue weighted by Gasteiger charge is 2.38. The van der Waals surface area contributed by atoms with E-state index in [2.05, 4.69) is 27.7 Å².